The van der Waals surface area contributed by atoms with Crippen LogP contribution in [-0.4, -0.2) is 31.7 Å². The number of hydrogen-bond acceptors (Lipinski definition) is 3. The van der Waals surface area contributed by atoms with E-state index in [0.29, 0.717) is 5.92 Å². The van der Waals surface area contributed by atoms with Crippen LogP contribution < -0.4 is 10.6 Å². The molecular formula is C16H22N2O2. The average Bonchev–Trinajstić information content (AvgIpc) is 2.65. The number of fused-ring (bicyclic) bond motifs is 1. The summed E-state index contributed by atoms with van der Waals surface area (Å²) in [6.45, 7) is 2.58. The van der Waals surface area contributed by atoms with Crippen molar-refractivity contribution < 1.29 is 9.53 Å². The Bertz CT molecular complexity index is 469. The van der Waals surface area contributed by atoms with Gasteiger partial charge >= 0.3 is 0 Å². The number of rotatable bonds is 3. The molecule has 1 amide bonds. The first kappa shape index (κ1) is 13.6. The van der Waals surface area contributed by atoms with Crippen molar-refractivity contribution in [2.45, 2.75) is 31.7 Å². The molecule has 1 aromatic carbocycles. The van der Waals surface area contributed by atoms with Crippen LogP contribution in [0.3, 0.4) is 0 Å². The molecule has 0 bridgehead atoms. The molecule has 4 heteroatoms. The smallest absolute Gasteiger partial charge is 0.241 e. The Morgan fingerprint density at radius 3 is 3.05 bits per heavy atom. The highest BCUT2D eigenvalue weighted by molar-refractivity contribution is 5.96. The molecule has 2 aliphatic heterocycles. The van der Waals surface area contributed by atoms with Gasteiger partial charge in [-0.15, -0.1) is 0 Å². The summed E-state index contributed by atoms with van der Waals surface area (Å²) in [5, 5.41) is 6.45. The van der Waals surface area contributed by atoms with Crippen molar-refractivity contribution in [3.05, 3.63) is 29.8 Å². The van der Waals surface area contributed by atoms with Crippen molar-refractivity contribution >= 4 is 11.6 Å². The molecular weight excluding hydrogens is 252 g/mol. The summed E-state index contributed by atoms with van der Waals surface area (Å²) >= 11 is 0. The van der Waals surface area contributed by atoms with Crippen molar-refractivity contribution in [2.24, 2.45) is 5.92 Å². The van der Waals surface area contributed by atoms with Crippen LogP contribution in [0.4, 0.5) is 5.69 Å². The molecule has 3 rings (SSSR count). The van der Waals surface area contributed by atoms with Gasteiger partial charge in [-0.3, -0.25) is 4.79 Å². The number of para-hydroxylation sites is 1. The van der Waals surface area contributed by atoms with Gasteiger partial charge in [-0.2, -0.15) is 0 Å². The second kappa shape index (κ2) is 6.37. The zero-order chi connectivity index (χ0) is 13.8. The third-order valence-corrected chi connectivity index (χ3v) is 4.20. The summed E-state index contributed by atoms with van der Waals surface area (Å²) < 4.78 is 5.48. The molecule has 2 unspecified atom stereocenters. The highest BCUT2D eigenvalue weighted by atomic mass is 16.5. The molecule has 0 radical (unpaired) electrons. The Balaban J connectivity index is 1.57. The van der Waals surface area contributed by atoms with Gasteiger partial charge in [-0.1, -0.05) is 18.2 Å². The molecule has 1 fully saturated rings. The number of anilines is 1. The summed E-state index contributed by atoms with van der Waals surface area (Å²) in [5.41, 5.74) is 2.19. The zero-order valence-corrected chi connectivity index (χ0v) is 11.7. The summed E-state index contributed by atoms with van der Waals surface area (Å²) in [7, 11) is 0. The minimum Gasteiger partial charge on any atom is -0.381 e. The topological polar surface area (TPSA) is 50.4 Å². The summed E-state index contributed by atoms with van der Waals surface area (Å²) in [4.78, 5) is 12.2. The lowest BCUT2D eigenvalue weighted by atomic mass is 10.0. The average molecular weight is 274 g/mol. The van der Waals surface area contributed by atoms with E-state index in [-0.39, 0.29) is 11.9 Å². The Labute approximate surface area is 119 Å². The summed E-state index contributed by atoms with van der Waals surface area (Å²) in [6.07, 6.45) is 4.13. The van der Waals surface area contributed by atoms with Crippen LogP contribution in [0.15, 0.2) is 24.3 Å². The molecule has 2 heterocycles. The molecule has 0 aromatic heterocycles. The van der Waals surface area contributed by atoms with Crippen LogP contribution in [0.25, 0.3) is 0 Å². The second-order valence-electron chi connectivity index (χ2n) is 5.73. The number of aryl methyl sites for hydroxylation is 1. The van der Waals surface area contributed by atoms with Crippen LogP contribution in [0.1, 0.15) is 24.8 Å². The number of amides is 1. The molecule has 2 atom stereocenters. The third-order valence-electron chi connectivity index (χ3n) is 4.20. The number of carbonyl (C=O) groups is 1. The zero-order valence-electron chi connectivity index (χ0n) is 11.7. The number of ether oxygens (including phenoxy) is 1. The predicted octanol–water partition coefficient (Wildman–Crippen LogP) is 1.96. The molecule has 2 N–H and O–H groups in total. The standard InChI is InChI=1S/C16H22N2O2/c19-16-15(17-10-12-4-3-9-20-11-12)8-7-13-5-1-2-6-14(13)18-16/h1-2,5-6,12,15,17H,3-4,7-11H2,(H,18,19). The van der Waals surface area contributed by atoms with E-state index in [1.807, 2.05) is 18.2 Å². The molecule has 0 saturated carbocycles. The normalized spacial score (nSPS) is 26.5. The number of carbonyl (C=O) groups excluding carboxylic acids is 1. The molecule has 20 heavy (non-hydrogen) atoms. The summed E-state index contributed by atoms with van der Waals surface area (Å²) in [5.74, 6) is 0.633. The van der Waals surface area contributed by atoms with Gasteiger partial charge in [0.2, 0.25) is 5.91 Å². The molecule has 1 aromatic rings. The fraction of sp³-hybridized carbons (Fsp3) is 0.562. The maximum atomic E-state index is 12.2. The van der Waals surface area contributed by atoms with Gasteiger partial charge in [0.1, 0.15) is 0 Å². The minimum atomic E-state index is -0.0932. The fourth-order valence-electron chi connectivity index (χ4n) is 2.98. The van der Waals surface area contributed by atoms with Gasteiger partial charge < -0.3 is 15.4 Å². The molecule has 0 aliphatic carbocycles. The predicted molar refractivity (Wildman–Crippen MR) is 78.7 cm³/mol. The van der Waals surface area contributed by atoms with E-state index < -0.39 is 0 Å². The van der Waals surface area contributed by atoms with Gasteiger partial charge in [0, 0.05) is 18.8 Å². The highest BCUT2D eigenvalue weighted by Crippen LogP contribution is 2.22. The largest absolute Gasteiger partial charge is 0.381 e. The third kappa shape index (κ3) is 3.19. The van der Waals surface area contributed by atoms with Gasteiger partial charge in [-0.25, -0.2) is 0 Å². The van der Waals surface area contributed by atoms with E-state index >= 15 is 0 Å². The maximum Gasteiger partial charge on any atom is 0.241 e. The van der Waals surface area contributed by atoms with Crippen LogP contribution >= 0.6 is 0 Å². The number of benzene rings is 1. The van der Waals surface area contributed by atoms with E-state index in [1.165, 1.54) is 12.0 Å². The Morgan fingerprint density at radius 2 is 2.20 bits per heavy atom. The summed E-state index contributed by atoms with van der Waals surface area (Å²) in [6, 6.07) is 7.96. The first-order valence-corrected chi connectivity index (χ1v) is 7.53. The molecule has 1 saturated heterocycles. The van der Waals surface area contributed by atoms with Crippen molar-refractivity contribution in [1.29, 1.82) is 0 Å². The van der Waals surface area contributed by atoms with Gasteiger partial charge in [-0.05, 0) is 43.2 Å². The second-order valence-corrected chi connectivity index (χ2v) is 5.73. The van der Waals surface area contributed by atoms with Crippen LogP contribution in [0.2, 0.25) is 0 Å². The first-order chi connectivity index (χ1) is 9.83. The molecule has 2 aliphatic rings. The van der Waals surface area contributed by atoms with Crippen molar-refractivity contribution in [1.82, 2.24) is 5.32 Å². The Kier molecular flexibility index (Phi) is 4.33. The lowest BCUT2D eigenvalue weighted by molar-refractivity contribution is -0.118. The lowest BCUT2D eigenvalue weighted by Gasteiger charge is -2.24. The lowest BCUT2D eigenvalue weighted by Crippen LogP contribution is -2.43. The molecule has 108 valence electrons. The van der Waals surface area contributed by atoms with Gasteiger partial charge in [0.15, 0.2) is 0 Å². The SMILES string of the molecule is O=C1Nc2ccccc2CCC1NCC1CCCOC1. The van der Waals surface area contributed by atoms with Crippen molar-refractivity contribution in [3.8, 4) is 0 Å². The van der Waals surface area contributed by atoms with E-state index in [0.717, 1.165) is 44.7 Å². The van der Waals surface area contributed by atoms with Crippen LogP contribution in [0, 0.1) is 5.92 Å². The quantitative estimate of drug-likeness (QED) is 0.886. The number of nitrogens with one attached hydrogen (secondary N) is 2. The first-order valence-electron chi connectivity index (χ1n) is 7.53. The maximum absolute atomic E-state index is 12.2. The van der Waals surface area contributed by atoms with Crippen LogP contribution in [-0.2, 0) is 16.0 Å². The number of hydrogen-bond donors (Lipinski definition) is 2. The minimum absolute atomic E-state index is 0.0895. The Hall–Kier alpha value is -1.39. The van der Waals surface area contributed by atoms with E-state index in [2.05, 4.69) is 16.7 Å². The van der Waals surface area contributed by atoms with Crippen LogP contribution in [0.5, 0.6) is 0 Å². The molecule has 4 nitrogen and oxygen atoms in total. The van der Waals surface area contributed by atoms with Crippen molar-refractivity contribution in [2.75, 3.05) is 25.1 Å². The molecule has 0 spiro atoms. The van der Waals surface area contributed by atoms with Gasteiger partial charge in [0.25, 0.3) is 0 Å². The Morgan fingerprint density at radius 1 is 1.30 bits per heavy atom. The fourth-order valence-corrected chi connectivity index (χ4v) is 2.98. The van der Waals surface area contributed by atoms with E-state index in [9.17, 15) is 4.79 Å². The van der Waals surface area contributed by atoms with Crippen molar-refractivity contribution in [3.63, 3.8) is 0 Å². The van der Waals surface area contributed by atoms with E-state index in [1.54, 1.807) is 0 Å². The van der Waals surface area contributed by atoms with E-state index in [4.69, 9.17) is 4.74 Å². The highest BCUT2D eigenvalue weighted by Gasteiger charge is 2.24. The monoisotopic (exact) mass is 274 g/mol. The van der Waals surface area contributed by atoms with Gasteiger partial charge in [0.05, 0.1) is 12.6 Å².